The minimum atomic E-state index is 0.155. The number of hydrogen-bond acceptors (Lipinski definition) is 10. The highest BCUT2D eigenvalue weighted by atomic mass is 79.9. The monoisotopic (exact) mass is 1080 g/mol. The Labute approximate surface area is 448 Å². The van der Waals surface area contributed by atoms with E-state index < -0.39 is 0 Å². The second kappa shape index (κ2) is 20.5. The summed E-state index contributed by atoms with van der Waals surface area (Å²) >= 11 is 3.66. The number of hydrogen-bond donors (Lipinski definition) is 0. The summed E-state index contributed by atoms with van der Waals surface area (Å²) in [5.41, 5.74) is 16.6. The summed E-state index contributed by atoms with van der Waals surface area (Å²) in [6.07, 6.45) is 11.9. The van der Waals surface area contributed by atoms with Gasteiger partial charge in [0.1, 0.15) is 0 Å². The average Bonchev–Trinajstić information content (AvgIpc) is 4.47. The number of aryl methyl sites for hydroxylation is 6. The molecule has 0 N–H and O–H groups in total. The topological polar surface area (TPSA) is 151 Å². The third-order valence-corrected chi connectivity index (χ3v) is 16.3. The van der Waals surface area contributed by atoms with Crippen LogP contribution in [0.2, 0.25) is 0 Å². The summed E-state index contributed by atoms with van der Waals surface area (Å²) in [5.74, 6) is 0.946. The molecule has 2 aliphatic heterocycles. The largest absolute Gasteiger partial charge is 0.381 e. The quantitative estimate of drug-likeness (QED) is 0.151. The Morgan fingerprint density at radius 3 is 1.42 bits per heavy atom. The third-order valence-electron chi connectivity index (χ3n) is 15.8. The lowest BCUT2D eigenvalue weighted by Gasteiger charge is -2.33. The predicted octanol–water partition coefficient (Wildman–Crippen LogP) is 11.5. The molecule has 12 aromatic rings. The van der Waals surface area contributed by atoms with Gasteiger partial charge in [-0.2, -0.15) is 10.2 Å². The normalized spacial score (nSPS) is 15.4. The first-order valence-electron chi connectivity index (χ1n) is 26.1. The Hall–Kier alpha value is -7.60. The highest BCUT2D eigenvalue weighted by Crippen LogP contribution is 2.44. The van der Waals surface area contributed by atoms with Crippen molar-refractivity contribution in [3.63, 3.8) is 0 Å². The number of rotatable bonds is 7. The van der Waals surface area contributed by atoms with E-state index in [1.807, 2.05) is 87.8 Å². The number of halogens is 1. The van der Waals surface area contributed by atoms with Crippen molar-refractivity contribution in [1.29, 1.82) is 0 Å². The van der Waals surface area contributed by atoms with Crippen LogP contribution in [0.1, 0.15) is 66.0 Å². The molecule has 0 saturated carbocycles. The van der Waals surface area contributed by atoms with Gasteiger partial charge in [-0.15, -0.1) is 10.2 Å². The molecule has 0 bridgehead atoms. The fourth-order valence-corrected chi connectivity index (χ4v) is 12.1. The van der Waals surface area contributed by atoms with Gasteiger partial charge in [-0.25, -0.2) is 4.68 Å². The van der Waals surface area contributed by atoms with E-state index in [0.717, 1.165) is 134 Å². The molecule has 2 fully saturated rings. The molecule has 0 radical (unpaired) electrons. The van der Waals surface area contributed by atoms with E-state index in [9.17, 15) is 0 Å². The molecule has 2 atom stereocenters. The molecular formula is C59H61BrN14O2. The number of ether oxygens (including phenoxy) is 2. The first kappa shape index (κ1) is 49.3. The molecule has 0 spiro atoms. The Morgan fingerprint density at radius 1 is 0.500 bits per heavy atom. The van der Waals surface area contributed by atoms with E-state index in [2.05, 4.69) is 153 Å². The van der Waals surface area contributed by atoms with E-state index >= 15 is 0 Å². The molecule has 14 rings (SSSR count). The van der Waals surface area contributed by atoms with Crippen LogP contribution < -0.4 is 0 Å². The summed E-state index contributed by atoms with van der Waals surface area (Å²) in [7, 11) is 7.80. The lowest BCUT2D eigenvalue weighted by atomic mass is 9.86. The molecule has 4 aromatic carbocycles. The highest BCUT2D eigenvalue weighted by molar-refractivity contribution is 9.10. The van der Waals surface area contributed by atoms with Crippen LogP contribution in [0.5, 0.6) is 0 Å². The number of benzene rings is 4. The minimum absolute atomic E-state index is 0.155. The number of nitrogens with zero attached hydrogens (tertiary/aromatic N) is 14. The molecule has 386 valence electrons. The Kier molecular flexibility index (Phi) is 13.3. The molecule has 76 heavy (non-hydrogen) atoms. The van der Waals surface area contributed by atoms with Gasteiger partial charge in [0.15, 0.2) is 0 Å². The van der Waals surface area contributed by atoms with Crippen molar-refractivity contribution >= 4 is 81.6 Å². The molecule has 2 aliphatic rings. The van der Waals surface area contributed by atoms with Crippen LogP contribution in [0.3, 0.4) is 0 Å². The average molecular weight is 1080 g/mol. The smallest absolute Gasteiger partial charge is 0.0961 e. The zero-order chi connectivity index (χ0) is 52.2. The Balaban J connectivity index is 0.000000135. The van der Waals surface area contributed by atoms with Crippen LogP contribution >= 0.6 is 15.9 Å². The van der Waals surface area contributed by atoms with Gasteiger partial charge in [-0.3, -0.25) is 24.0 Å². The zero-order valence-electron chi connectivity index (χ0n) is 44.0. The summed E-state index contributed by atoms with van der Waals surface area (Å²) in [6, 6.07) is 35.7. The van der Waals surface area contributed by atoms with Crippen LogP contribution in [0.4, 0.5) is 0 Å². The standard InChI is InChI=1S/C29H29N7O.C25H23BrN4O.C5H9N3/c1-18-28(35(3)33-32-18)22-14-26-27(30-16-22)23-15-24-21(17-31-34(24)2)13-25(23)36(26)29(19-7-5-4-6-8-19)20-9-11-37-12-10-20;1-29-21-13-20-22(11-18(21)14-28-29)30(23-12-19(26)15-27-24(20)23)25(16-5-3-2-4-6-16)17-7-9-31-10-8-17;1-4-5(2)8(3)7-6-4/h4-8,13-17,20,29H,9-12H2,1-3H3;2-6,11-15,17,25H,7-10H2,1H3;1-3H3/t29-;25-;/m11./s1. The van der Waals surface area contributed by atoms with Gasteiger partial charge in [0.2, 0.25) is 0 Å². The SMILES string of the molecule is Cc1nnn(C)c1-c1cnc2c3cc4c(cnn4C)cc3n([C@H](c3ccccc3)C3CCOCC3)c2c1.Cc1nnn(C)c1C.Cn1ncc2cc3c(cc21)c1ncc(Br)cc1n3[C@H](c1ccccc1)C1CCOCC1. The van der Waals surface area contributed by atoms with E-state index in [1.54, 1.807) is 4.68 Å². The van der Waals surface area contributed by atoms with Crippen LogP contribution in [0.25, 0.3) is 76.9 Å². The zero-order valence-corrected chi connectivity index (χ0v) is 45.6. The molecule has 17 heteroatoms. The van der Waals surface area contributed by atoms with Crippen molar-refractivity contribution in [2.45, 2.75) is 58.5 Å². The van der Waals surface area contributed by atoms with Crippen molar-refractivity contribution in [2.75, 3.05) is 26.4 Å². The van der Waals surface area contributed by atoms with E-state index in [4.69, 9.17) is 19.4 Å². The van der Waals surface area contributed by atoms with E-state index in [-0.39, 0.29) is 12.1 Å². The highest BCUT2D eigenvalue weighted by Gasteiger charge is 2.32. The maximum atomic E-state index is 5.78. The molecule has 8 aromatic heterocycles. The van der Waals surface area contributed by atoms with Gasteiger partial charge in [0, 0.05) is 98.6 Å². The van der Waals surface area contributed by atoms with Crippen LogP contribution in [-0.2, 0) is 37.7 Å². The van der Waals surface area contributed by atoms with Crippen molar-refractivity contribution in [2.24, 2.45) is 40.0 Å². The maximum Gasteiger partial charge on any atom is 0.0961 e. The van der Waals surface area contributed by atoms with Gasteiger partial charge < -0.3 is 18.6 Å². The summed E-state index contributed by atoms with van der Waals surface area (Å²) in [6.45, 7) is 9.16. The molecule has 16 nitrogen and oxygen atoms in total. The number of fused-ring (bicyclic) bond motifs is 8. The maximum absolute atomic E-state index is 5.78. The number of aromatic nitrogens is 14. The minimum Gasteiger partial charge on any atom is -0.381 e. The van der Waals surface area contributed by atoms with Crippen molar-refractivity contribution in [3.8, 4) is 11.3 Å². The molecule has 10 heterocycles. The lowest BCUT2D eigenvalue weighted by Crippen LogP contribution is -2.26. The first-order chi connectivity index (χ1) is 37.0. The predicted molar refractivity (Wildman–Crippen MR) is 302 cm³/mol. The second-order valence-electron chi connectivity index (χ2n) is 20.4. The van der Waals surface area contributed by atoms with Gasteiger partial charge in [0.25, 0.3) is 0 Å². The summed E-state index contributed by atoms with van der Waals surface area (Å²) in [4.78, 5) is 9.92. The fraction of sp³-hybridized carbons (Fsp3) is 0.322. The van der Waals surface area contributed by atoms with E-state index in [1.165, 1.54) is 27.5 Å². The van der Waals surface area contributed by atoms with Crippen molar-refractivity contribution in [1.82, 2.24) is 68.7 Å². The van der Waals surface area contributed by atoms with E-state index in [0.29, 0.717) is 11.8 Å². The lowest BCUT2D eigenvalue weighted by molar-refractivity contribution is 0.0552. The van der Waals surface area contributed by atoms with Gasteiger partial charge >= 0.3 is 0 Å². The Morgan fingerprint density at radius 2 is 0.974 bits per heavy atom. The molecule has 2 saturated heterocycles. The molecule has 0 amide bonds. The van der Waals surface area contributed by atoms with Crippen molar-refractivity contribution in [3.05, 3.63) is 155 Å². The molecule has 0 unspecified atom stereocenters. The first-order valence-corrected chi connectivity index (χ1v) is 26.9. The van der Waals surface area contributed by atoms with Crippen LogP contribution in [0.15, 0.2) is 126 Å². The van der Waals surface area contributed by atoms with Gasteiger partial charge in [-0.05, 0) is 122 Å². The Bertz CT molecular complexity index is 4000. The summed E-state index contributed by atoms with van der Waals surface area (Å²) < 4.78 is 25.0. The number of pyridine rings is 2. The second-order valence-corrected chi connectivity index (χ2v) is 21.3. The summed E-state index contributed by atoms with van der Waals surface area (Å²) in [5, 5.41) is 29.7. The van der Waals surface area contributed by atoms with Gasteiger partial charge in [-0.1, -0.05) is 71.1 Å². The third kappa shape index (κ3) is 8.92. The molecular weight excluding hydrogens is 1020 g/mol. The van der Waals surface area contributed by atoms with Crippen LogP contribution in [0, 0.1) is 32.6 Å². The van der Waals surface area contributed by atoms with Crippen molar-refractivity contribution < 1.29 is 9.47 Å². The van der Waals surface area contributed by atoms with Crippen LogP contribution in [-0.4, -0.2) is 95.1 Å². The fourth-order valence-electron chi connectivity index (χ4n) is 11.8. The van der Waals surface area contributed by atoms with Gasteiger partial charge in [0.05, 0.1) is 91.4 Å². The molecule has 0 aliphatic carbocycles.